The number of amides is 1. The van der Waals surface area contributed by atoms with Crippen molar-refractivity contribution < 1.29 is 13.9 Å². The maximum Gasteiger partial charge on any atom is 0.307 e. The SMILES string of the molecule is CCCCC#Cc1ccc(C(=O)N/N=C\c2cccc(OC)c2)o1. The average Bonchev–Trinajstić information content (AvgIpc) is 3.08. The molecule has 2 aromatic rings. The maximum absolute atomic E-state index is 12.0. The van der Waals surface area contributed by atoms with Gasteiger partial charge in [-0.1, -0.05) is 31.4 Å². The lowest BCUT2D eigenvalue weighted by Crippen LogP contribution is -2.16. The van der Waals surface area contributed by atoms with E-state index in [-0.39, 0.29) is 5.76 Å². The molecule has 0 atom stereocenters. The molecular formula is C19H20N2O3. The lowest BCUT2D eigenvalue weighted by atomic mass is 10.2. The van der Waals surface area contributed by atoms with E-state index >= 15 is 0 Å². The highest BCUT2D eigenvalue weighted by molar-refractivity contribution is 5.92. The highest BCUT2D eigenvalue weighted by atomic mass is 16.5. The number of ether oxygens (including phenoxy) is 1. The van der Waals surface area contributed by atoms with Gasteiger partial charge in [-0.05, 0) is 42.2 Å². The van der Waals surface area contributed by atoms with E-state index in [1.807, 2.05) is 24.3 Å². The second-order valence-electron chi connectivity index (χ2n) is 5.04. The number of nitrogens with zero attached hydrogens (tertiary/aromatic N) is 1. The Kier molecular flexibility index (Phi) is 6.66. The summed E-state index contributed by atoms with van der Waals surface area (Å²) in [6, 6.07) is 10.6. The Morgan fingerprint density at radius 2 is 2.25 bits per heavy atom. The lowest BCUT2D eigenvalue weighted by Gasteiger charge is -1.99. The molecule has 24 heavy (non-hydrogen) atoms. The van der Waals surface area contributed by atoms with E-state index in [1.54, 1.807) is 19.2 Å². The van der Waals surface area contributed by atoms with Crippen molar-refractivity contribution in [1.82, 2.24) is 5.43 Å². The maximum atomic E-state index is 12.0. The number of hydrogen-bond donors (Lipinski definition) is 1. The van der Waals surface area contributed by atoms with Crippen LogP contribution in [0.1, 0.15) is 48.1 Å². The largest absolute Gasteiger partial charge is 0.497 e. The Morgan fingerprint density at radius 1 is 1.38 bits per heavy atom. The number of nitrogens with one attached hydrogen (secondary N) is 1. The summed E-state index contributed by atoms with van der Waals surface area (Å²) < 4.78 is 10.5. The first-order chi connectivity index (χ1) is 11.7. The Hall–Kier alpha value is -3.00. The van der Waals surface area contributed by atoms with Crippen LogP contribution in [0.25, 0.3) is 0 Å². The smallest absolute Gasteiger partial charge is 0.307 e. The first-order valence-corrected chi connectivity index (χ1v) is 7.79. The van der Waals surface area contributed by atoms with Crippen LogP contribution in [0.15, 0.2) is 45.9 Å². The number of benzene rings is 1. The van der Waals surface area contributed by atoms with E-state index in [9.17, 15) is 4.79 Å². The van der Waals surface area contributed by atoms with Crippen molar-refractivity contribution in [1.29, 1.82) is 0 Å². The van der Waals surface area contributed by atoms with Gasteiger partial charge in [0.15, 0.2) is 11.5 Å². The molecule has 5 heteroatoms. The normalized spacial score (nSPS) is 10.2. The van der Waals surface area contributed by atoms with Crippen LogP contribution >= 0.6 is 0 Å². The summed E-state index contributed by atoms with van der Waals surface area (Å²) in [5.41, 5.74) is 3.24. The van der Waals surface area contributed by atoms with Gasteiger partial charge in [0.2, 0.25) is 0 Å². The highest BCUT2D eigenvalue weighted by Gasteiger charge is 2.09. The minimum atomic E-state index is -0.421. The van der Waals surface area contributed by atoms with Crippen LogP contribution in [0.2, 0.25) is 0 Å². The third kappa shape index (κ3) is 5.33. The predicted molar refractivity (Wildman–Crippen MR) is 93.2 cm³/mol. The van der Waals surface area contributed by atoms with Crippen molar-refractivity contribution in [2.24, 2.45) is 5.10 Å². The Balaban J connectivity index is 1.91. The minimum Gasteiger partial charge on any atom is -0.497 e. The highest BCUT2D eigenvalue weighted by Crippen LogP contribution is 2.11. The predicted octanol–water partition coefficient (Wildman–Crippen LogP) is 3.59. The zero-order valence-electron chi connectivity index (χ0n) is 13.8. The fourth-order valence-electron chi connectivity index (χ4n) is 1.88. The molecule has 1 amide bonds. The van der Waals surface area contributed by atoms with Crippen molar-refractivity contribution in [3.63, 3.8) is 0 Å². The third-order valence-electron chi connectivity index (χ3n) is 3.17. The van der Waals surface area contributed by atoms with E-state index in [0.717, 1.165) is 30.6 Å². The first kappa shape index (κ1) is 17.4. The van der Waals surface area contributed by atoms with Crippen LogP contribution in [0, 0.1) is 11.8 Å². The quantitative estimate of drug-likeness (QED) is 0.382. The van der Waals surface area contributed by atoms with Gasteiger partial charge in [0.25, 0.3) is 0 Å². The fourth-order valence-corrected chi connectivity index (χ4v) is 1.88. The Labute approximate surface area is 141 Å². The van der Waals surface area contributed by atoms with Crippen LogP contribution in [0.4, 0.5) is 0 Å². The van der Waals surface area contributed by atoms with Gasteiger partial charge in [-0.25, -0.2) is 5.43 Å². The van der Waals surface area contributed by atoms with E-state index in [2.05, 4.69) is 29.3 Å². The summed E-state index contributed by atoms with van der Waals surface area (Å²) in [6.45, 7) is 2.11. The summed E-state index contributed by atoms with van der Waals surface area (Å²) in [4.78, 5) is 12.0. The lowest BCUT2D eigenvalue weighted by molar-refractivity contribution is 0.0927. The molecule has 0 aliphatic carbocycles. The molecule has 0 unspecified atom stereocenters. The summed E-state index contributed by atoms with van der Waals surface area (Å²) in [5.74, 6) is 6.88. The number of furan rings is 1. The molecule has 0 fully saturated rings. The topological polar surface area (TPSA) is 63.8 Å². The molecule has 1 heterocycles. The number of carbonyl (C=O) groups is 1. The van der Waals surface area contributed by atoms with Crippen molar-refractivity contribution in [2.45, 2.75) is 26.2 Å². The summed E-state index contributed by atoms with van der Waals surface area (Å²) in [5, 5.41) is 3.91. The number of hydrazone groups is 1. The number of rotatable bonds is 6. The van der Waals surface area contributed by atoms with E-state index in [0.29, 0.717) is 5.76 Å². The van der Waals surface area contributed by atoms with Crippen LogP contribution in [0.3, 0.4) is 0 Å². The van der Waals surface area contributed by atoms with Crippen molar-refractivity contribution in [3.05, 3.63) is 53.5 Å². The van der Waals surface area contributed by atoms with Gasteiger partial charge >= 0.3 is 5.91 Å². The number of methoxy groups -OCH3 is 1. The van der Waals surface area contributed by atoms with E-state index in [1.165, 1.54) is 6.21 Å². The standard InChI is InChI=1S/C19H20N2O3/c1-3-4-5-6-9-16-11-12-18(24-16)19(22)21-20-14-15-8-7-10-17(13-15)23-2/h7-8,10-14H,3-5H2,1-2H3,(H,21,22)/b20-14-. The second kappa shape index (κ2) is 9.21. The van der Waals surface area contributed by atoms with Crippen molar-refractivity contribution >= 4 is 12.1 Å². The molecule has 1 N–H and O–H groups in total. The molecule has 0 aliphatic rings. The third-order valence-corrected chi connectivity index (χ3v) is 3.17. The molecular weight excluding hydrogens is 304 g/mol. The van der Waals surface area contributed by atoms with Gasteiger partial charge in [-0.2, -0.15) is 5.10 Å². The Bertz CT molecular complexity index is 766. The monoisotopic (exact) mass is 324 g/mol. The Morgan fingerprint density at radius 3 is 3.04 bits per heavy atom. The molecule has 5 nitrogen and oxygen atoms in total. The van der Waals surface area contributed by atoms with Crippen molar-refractivity contribution in [3.8, 4) is 17.6 Å². The van der Waals surface area contributed by atoms with Gasteiger partial charge in [0.1, 0.15) is 5.75 Å². The molecule has 1 aromatic heterocycles. The number of hydrogen-bond acceptors (Lipinski definition) is 4. The first-order valence-electron chi connectivity index (χ1n) is 7.79. The second-order valence-corrected chi connectivity index (χ2v) is 5.04. The molecule has 1 aromatic carbocycles. The zero-order valence-corrected chi connectivity index (χ0v) is 13.8. The molecule has 124 valence electrons. The van der Waals surface area contributed by atoms with Gasteiger partial charge in [-0.3, -0.25) is 4.79 Å². The molecule has 0 aliphatic heterocycles. The number of unbranched alkanes of at least 4 members (excludes halogenated alkanes) is 2. The molecule has 2 rings (SSSR count). The summed E-state index contributed by atoms with van der Waals surface area (Å²) in [6.07, 6.45) is 4.52. The van der Waals surface area contributed by atoms with Gasteiger partial charge in [0.05, 0.1) is 13.3 Å². The summed E-state index contributed by atoms with van der Waals surface area (Å²) >= 11 is 0. The molecule has 0 saturated heterocycles. The van der Waals surface area contributed by atoms with Crippen LogP contribution < -0.4 is 10.2 Å². The molecule has 0 radical (unpaired) electrons. The zero-order chi connectivity index (χ0) is 17.2. The van der Waals surface area contributed by atoms with Gasteiger partial charge in [-0.15, -0.1) is 0 Å². The molecule has 0 spiro atoms. The fraction of sp³-hybridized carbons (Fsp3) is 0.263. The number of carbonyl (C=O) groups excluding carboxylic acids is 1. The van der Waals surface area contributed by atoms with Crippen LogP contribution in [-0.4, -0.2) is 19.2 Å². The van der Waals surface area contributed by atoms with Crippen molar-refractivity contribution in [2.75, 3.05) is 7.11 Å². The molecule has 0 bridgehead atoms. The van der Waals surface area contributed by atoms with E-state index < -0.39 is 5.91 Å². The minimum absolute atomic E-state index is 0.178. The average molecular weight is 324 g/mol. The van der Waals surface area contributed by atoms with Crippen LogP contribution in [0.5, 0.6) is 5.75 Å². The van der Waals surface area contributed by atoms with Gasteiger partial charge in [0, 0.05) is 6.42 Å². The van der Waals surface area contributed by atoms with E-state index in [4.69, 9.17) is 9.15 Å². The van der Waals surface area contributed by atoms with Gasteiger partial charge < -0.3 is 9.15 Å². The van der Waals surface area contributed by atoms with Crippen LogP contribution in [-0.2, 0) is 0 Å². The summed E-state index contributed by atoms with van der Waals surface area (Å²) in [7, 11) is 1.59. The molecule has 0 saturated carbocycles.